The van der Waals surface area contributed by atoms with Crippen molar-refractivity contribution >= 4 is 11.9 Å². The number of carbonyl (C=O) groups is 1. The van der Waals surface area contributed by atoms with Gasteiger partial charge in [0.2, 0.25) is 0 Å². The van der Waals surface area contributed by atoms with E-state index >= 15 is 0 Å². The van der Waals surface area contributed by atoms with Crippen molar-refractivity contribution < 1.29 is 9.53 Å². The van der Waals surface area contributed by atoms with Crippen LogP contribution in [0.1, 0.15) is 39.1 Å². The molecular formula is C12H16N4O2. The average Bonchev–Trinajstić information content (AvgIpc) is 2.26. The first-order valence-electron chi connectivity index (χ1n) is 5.61. The topological polar surface area (TPSA) is 87.9 Å². The summed E-state index contributed by atoms with van der Waals surface area (Å²) >= 11 is 0. The standard InChI is InChI=1S/C12H16N4O2/c1-5-9-14-7-8(6-13)10(15-9)16-11(17)18-12(2,3)4/h7H,5H2,1-4H3,(H,14,15,16,17). The van der Waals surface area contributed by atoms with Crippen LogP contribution in [0.2, 0.25) is 0 Å². The van der Waals surface area contributed by atoms with Gasteiger partial charge in [-0.15, -0.1) is 0 Å². The number of aryl methyl sites for hydroxylation is 1. The first kappa shape index (κ1) is 13.9. The molecule has 0 aliphatic heterocycles. The van der Waals surface area contributed by atoms with E-state index in [-0.39, 0.29) is 11.4 Å². The molecule has 0 saturated carbocycles. The number of aromatic nitrogens is 2. The Morgan fingerprint density at radius 3 is 2.72 bits per heavy atom. The molecule has 1 N–H and O–H groups in total. The second-order valence-electron chi connectivity index (χ2n) is 4.64. The van der Waals surface area contributed by atoms with Crippen molar-refractivity contribution in [3.8, 4) is 6.07 Å². The number of nitriles is 1. The number of anilines is 1. The highest BCUT2D eigenvalue weighted by atomic mass is 16.6. The van der Waals surface area contributed by atoms with Crippen molar-refractivity contribution in [1.29, 1.82) is 5.26 Å². The second kappa shape index (κ2) is 5.45. The fourth-order valence-electron chi connectivity index (χ4n) is 1.17. The normalized spacial score (nSPS) is 10.6. The summed E-state index contributed by atoms with van der Waals surface area (Å²) in [5.74, 6) is 0.735. The molecule has 0 fully saturated rings. The Morgan fingerprint density at radius 2 is 2.22 bits per heavy atom. The molecular weight excluding hydrogens is 232 g/mol. The van der Waals surface area contributed by atoms with Gasteiger partial charge in [0.25, 0.3) is 0 Å². The van der Waals surface area contributed by atoms with Crippen LogP contribution in [0.5, 0.6) is 0 Å². The van der Waals surface area contributed by atoms with Gasteiger partial charge in [0.15, 0.2) is 5.82 Å². The predicted molar refractivity (Wildman–Crippen MR) is 66.0 cm³/mol. The summed E-state index contributed by atoms with van der Waals surface area (Å²) in [5.41, 5.74) is -0.393. The van der Waals surface area contributed by atoms with Crippen molar-refractivity contribution in [2.45, 2.75) is 39.7 Å². The van der Waals surface area contributed by atoms with Gasteiger partial charge < -0.3 is 4.74 Å². The maximum atomic E-state index is 11.6. The number of amides is 1. The van der Waals surface area contributed by atoms with Gasteiger partial charge in [0, 0.05) is 6.42 Å². The first-order chi connectivity index (χ1) is 8.35. The molecule has 96 valence electrons. The van der Waals surface area contributed by atoms with Gasteiger partial charge in [0.1, 0.15) is 23.1 Å². The number of hydrogen-bond acceptors (Lipinski definition) is 5. The average molecular weight is 248 g/mol. The molecule has 6 heteroatoms. The Kier molecular flexibility index (Phi) is 4.21. The van der Waals surface area contributed by atoms with E-state index < -0.39 is 11.7 Å². The molecule has 1 amide bonds. The summed E-state index contributed by atoms with van der Waals surface area (Å²) < 4.78 is 5.09. The second-order valence-corrected chi connectivity index (χ2v) is 4.64. The lowest BCUT2D eigenvalue weighted by atomic mass is 10.2. The molecule has 1 heterocycles. The Hall–Kier alpha value is -2.16. The summed E-state index contributed by atoms with van der Waals surface area (Å²) in [7, 11) is 0. The van der Waals surface area contributed by atoms with E-state index in [1.807, 2.05) is 13.0 Å². The third kappa shape index (κ3) is 4.01. The molecule has 0 bridgehead atoms. The molecule has 0 saturated heterocycles. The zero-order valence-electron chi connectivity index (χ0n) is 10.9. The van der Waals surface area contributed by atoms with Gasteiger partial charge in [-0.1, -0.05) is 6.92 Å². The molecule has 0 unspecified atom stereocenters. The van der Waals surface area contributed by atoms with Crippen LogP contribution in [0.25, 0.3) is 0 Å². The number of nitrogens with zero attached hydrogens (tertiary/aromatic N) is 3. The van der Waals surface area contributed by atoms with Gasteiger partial charge >= 0.3 is 6.09 Å². The highest BCUT2D eigenvalue weighted by molar-refractivity contribution is 5.85. The van der Waals surface area contributed by atoms with E-state index in [2.05, 4.69) is 15.3 Å². The molecule has 0 aliphatic rings. The van der Waals surface area contributed by atoms with E-state index in [1.165, 1.54) is 6.20 Å². The minimum Gasteiger partial charge on any atom is -0.444 e. The quantitative estimate of drug-likeness (QED) is 0.867. The number of ether oxygens (including phenoxy) is 1. The Bertz CT molecular complexity index is 486. The van der Waals surface area contributed by atoms with Crippen LogP contribution in [-0.4, -0.2) is 21.7 Å². The van der Waals surface area contributed by atoms with E-state index in [0.717, 1.165) is 0 Å². The molecule has 1 aromatic heterocycles. The molecule has 18 heavy (non-hydrogen) atoms. The van der Waals surface area contributed by atoms with Gasteiger partial charge in [-0.3, -0.25) is 5.32 Å². The number of nitrogens with one attached hydrogen (secondary N) is 1. The molecule has 0 atom stereocenters. The largest absolute Gasteiger partial charge is 0.444 e. The zero-order chi connectivity index (χ0) is 13.8. The third-order valence-electron chi connectivity index (χ3n) is 1.89. The number of rotatable bonds is 2. The van der Waals surface area contributed by atoms with E-state index in [0.29, 0.717) is 12.2 Å². The molecule has 6 nitrogen and oxygen atoms in total. The van der Waals surface area contributed by atoms with Crippen LogP contribution in [0.3, 0.4) is 0 Å². The molecule has 1 aromatic rings. The van der Waals surface area contributed by atoms with Crippen molar-refractivity contribution in [3.63, 3.8) is 0 Å². The summed E-state index contributed by atoms with van der Waals surface area (Å²) in [6, 6.07) is 1.92. The lowest BCUT2D eigenvalue weighted by Gasteiger charge is -2.19. The highest BCUT2D eigenvalue weighted by Crippen LogP contribution is 2.13. The van der Waals surface area contributed by atoms with Crippen LogP contribution in [0, 0.1) is 11.3 Å². The van der Waals surface area contributed by atoms with Gasteiger partial charge in [-0.2, -0.15) is 5.26 Å². The van der Waals surface area contributed by atoms with E-state index in [1.54, 1.807) is 20.8 Å². The molecule has 1 rings (SSSR count). The summed E-state index contributed by atoms with van der Waals surface area (Å²) in [6.07, 6.45) is 1.37. The number of carbonyl (C=O) groups excluding carboxylic acids is 1. The van der Waals surface area contributed by atoms with Gasteiger partial charge in [-0.05, 0) is 20.8 Å². The van der Waals surface area contributed by atoms with Gasteiger partial charge in [0.05, 0.1) is 6.20 Å². The highest BCUT2D eigenvalue weighted by Gasteiger charge is 2.18. The van der Waals surface area contributed by atoms with Gasteiger partial charge in [-0.25, -0.2) is 14.8 Å². The lowest BCUT2D eigenvalue weighted by molar-refractivity contribution is 0.0635. The number of hydrogen-bond donors (Lipinski definition) is 1. The van der Waals surface area contributed by atoms with E-state index in [9.17, 15) is 4.79 Å². The van der Waals surface area contributed by atoms with Crippen molar-refractivity contribution in [2.75, 3.05) is 5.32 Å². The van der Waals surface area contributed by atoms with Crippen LogP contribution in [0.15, 0.2) is 6.20 Å². The predicted octanol–water partition coefficient (Wildman–Crippen LogP) is 2.26. The monoisotopic (exact) mass is 248 g/mol. The summed E-state index contributed by atoms with van der Waals surface area (Å²) in [5, 5.41) is 11.4. The fourth-order valence-corrected chi connectivity index (χ4v) is 1.17. The van der Waals surface area contributed by atoms with Crippen LogP contribution >= 0.6 is 0 Å². The Balaban J connectivity index is 2.89. The van der Waals surface area contributed by atoms with Crippen molar-refractivity contribution in [2.24, 2.45) is 0 Å². The molecule has 0 aliphatic carbocycles. The summed E-state index contributed by atoms with van der Waals surface area (Å²) in [4.78, 5) is 19.7. The third-order valence-corrected chi connectivity index (χ3v) is 1.89. The smallest absolute Gasteiger partial charge is 0.413 e. The zero-order valence-corrected chi connectivity index (χ0v) is 10.9. The van der Waals surface area contributed by atoms with Crippen molar-refractivity contribution in [1.82, 2.24) is 9.97 Å². The summed E-state index contributed by atoms with van der Waals surface area (Å²) in [6.45, 7) is 7.17. The van der Waals surface area contributed by atoms with Crippen LogP contribution < -0.4 is 5.32 Å². The fraction of sp³-hybridized carbons (Fsp3) is 0.500. The first-order valence-corrected chi connectivity index (χ1v) is 5.61. The SMILES string of the molecule is CCc1ncc(C#N)c(NC(=O)OC(C)(C)C)n1. The minimum atomic E-state index is -0.639. The molecule has 0 radical (unpaired) electrons. The van der Waals surface area contributed by atoms with Crippen LogP contribution in [-0.2, 0) is 11.2 Å². The molecule has 0 spiro atoms. The minimum absolute atomic E-state index is 0.179. The Morgan fingerprint density at radius 1 is 1.56 bits per heavy atom. The molecule has 0 aromatic carbocycles. The van der Waals surface area contributed by atoms with Crippen LogP contribution in [0.4, 0.5) is 10.6 Å². The Labute approximate surface area is 106 Å². The van der Waals surface area contributed by atoms with Crippen molar-refractivity contribution in [3.05, 3.63) is 17.6 Å². The maximum Gasteiger partial charge on any atom is 0.413 e. The maximum absolute atomic E-state index is 11.6. The lowest BCUT2D eigenvalue weighted by Crippen LogP contribution is -2.28. The van der Waals surface area contributed by atoms with E-state index in [4.69, 9.17) is 10.00 Å².